The first-order valence-corrected chi connectivity index (χ1v) is 8.51. The number of ketones is 1. The number of aromatic nitrogens is 1. The van der Waals surface area contributed by atoms with Gasteiger partial charge in [0.2, 0.25) is 5.78 Å². The maximum Gasteiger partial charge on any atom is 0.341 e. The summed E-state index contributed by atoms with van der Waals surface area (Å²) in [7, 11) is 3.02. The van der Waals surface area contributed by atoms with Crippen molar-refractivity contribution in [2.24, 2.45) is 0 Å². The van der Waals surface area contributed by atoms with E-state index in [1.54, 1.807) is 13.2 Å². The second kappa shape index (κ2) is 8.81. The fourth-order valence-corrected chi connectivity index (χ4v) is 3.13. The van der Waals surface area contributed by atoms with Crippen molar-refractivity contribution in [3.8, 4) is 5.75 Å². The lowest BCUT2D eigenvalue weighted by Gasteiger charge is -2.17. The van der Waals surface area contributed by atoms with E-state index < -0.39 is 18.4 Å². The first-order valence-electron chi connectivity index (χ1n) is 8.51. The number of hydrogen-bond acceptors (Lipinski definition) is 5. The van der Waals surface area contributed by atoms with Gasteiger partial charge < -0.3 is 18.8 Å². The minimum atomic E-state index is -0.898. The zero-order valence-corrected chi connectivity index (χ0v) is 16.2. The molecule has 0 radical (unpaired) electrons. The van der Waals surface area contributed by atoms with Crippen LogP contribution < -0.4 is 4.74 Å². The number of aryl methyl sites for hydroxylation is 1. The predicted octanol–water partition coefficient (Wildman–Crippen LogP) is 3.50. The van der Waals surface area contributed by atoms with Gasteiger partial charge in [0.1, 0.15) is 11.6 Å². The third-order valence-electron chi connectivity index (χ3n) is 4.36. The Labute approximate surface area is 157 Å². The summed E-state index contributed by atoms with van der Waals surface area (Å²) in [5.41, 5.74) is 1.91. The van der Waals surface area contributed by atoms with Crippen molar-refractivity contribution in [1.29, 1.82) is 0 Å². The molecule has 0 aliphatic heterocycles. The zero-order valence-electron chi connectivity index (χ0n) is 16.2. The van der Waals surface area contributed by atoms with Crippen LogP contribution in [-0.4, -0.2) is 43.8 Å². The highest BCUT2D eigenvalue weighted by molar-refractivity contribution is 6.00. The molecule has 0 unspecified atom stereocenters. The zero-order chi connectivity index (χ0) is 20.1. The number of hydrogen-bond donors (Lipinski definition) is 0. The molecule has 0 fully saturated rings. The number of carbonyl (C=O) groups is 2. The Morgan fingerprint density at radius 3 is 2.44 bits per heavy atom. The topological polar surface area (TPSA) is 66.8 Å². The van der Waals surface area contributed by atoms with Crippen LogP contribution in [0.4, 0.5) is 4.39 Å². The Hall–Kier alpha value is -2.67. The van der Waals surface area contributed by atoms with Crippen LogP contribution in [0.15, 0.2) is 24.3 Å². The first kappa shape index (κ1) is 20.6. The fraction of sp³-hybridized carbons (Fsp3) is 0.400. The summed E-state index contributed by atoms with van der Waals surface area (Å²) in [5.74, 6) is -1.72. The molecule has 146 valence electrons. The second-order valence-corrected chi connectivity index (χ2v) is 6.30. The van der Waals surface area contributed by atoms with Gasteiger partial charge in [0.25, 0.3) is 0 Å². The van der Waals surface area contributed by atoms with Gasteiger partial charge in [-0.05, 0) is 39.0 Å². The number of benzene rings is 1. The number of nitrogens with zero attached hydrogens (tertiary/aromatic N) is 1. The van der Waals surface area contributed by atoms with Crippen molar-refractivity contribution in [2.75, 3.05) is 27.4 Å². The smallest absolute Gasteiger partial charge is 0.341 e. The molecule has 27 heavy (non-hydrogen) atoms. The summed E-state index contributed by atoms with van der Waals surface area (Å²) in [6.45, 7) is 5.76. The highest BCUT2D eigenvalue weighted by Crippen LogP contribution is 2.22. The maximum absolute atomic E-state index is 13.9. The lowest BCUT2D eigenvalue weighted by atomic mass is 10.1. The monoisotopic (exact) mass is 377 g/mol. The predicted molar refractivity (Wildman–Crippen MR) is 98.1 cm³/mol. The van der Waals surface area contributed by atoms with Gasteiger partial charge in [-0.3, -0.25) is 4.79 Å². The van der Waals surface area contributed by atoms with Crippen molar-refractivity contribution in [3.05, 3.63) is 52.6 Å². The molecule has 1 aromatic carbocycles. The van der Waals surface area contributed by atoms with E-state index in [-0.39, 0.29) is 23.1 Å². The second-order valence-electron chi connectivity index (χ2n) is 6.30. The van der Waals surface area contributed by atoms with Crippen LogP contribution >= 0.6 is 0 Å². The molecule has 0 amide bonds. The van der Waals surface area contributed by atoms with Crippen molar-refractivity contribution in [1.82, 2.24) is 4.57 Å². The Kier molecular flexibility index (Phi) is 6.74. The van der Waals surface area contributed by atoms with Crippen molar-refractivity contribution >= 4 is 11.8 Å². The first-order chi connectivity index (χ1) is 12.8. The van der Waals surface area contributed by atoms with Crippen LogP contribution in [0.2, 0.25) is 0 Å². The lowest BCUT2D eigenvalue weighted by molar-refractivity contribution is 0.0469. The molecule has 1 aromatic heterocycles. The summed E-state index contributed by atoms with van der Waals surface area (Å²) >= 11 is 0. The third kappa shape index (κ3) is 4.54. The van der Waals surface area contributed by atoms with Gasteiger partial charge in [0, 0.05) is 30.1 Å². The fourth-order valence-electron chi connectivity index (χ4n) is 3.13. The van der Waals surface area contributed by atoms with Crippen LogP contribution in [0.3, 0.4) is 0 Å². The Bertz CT molecular complexity index is 843. The summed E-state index contributed by atoms with van der Waals surface area (Å²) in [4.78, 5) is 24.6. The minimum absolute atomic E-state index is 0.0625. The number of methoxy groups -OCH3 is 2. The van der Waals surface area contributed by atoms with Crippen LogP contribution in [-0.2, 0) is 9.47 Å². The SMILES string of the molecule is COC[C@H](C)n1c(C)cc(C(=O)COC(=O)c2ccc(OC)cc2F)c1C. The molecule has 0 aliphatic rings. The Morgan fingerprint density at radius 2 is 1.85 bits per heavy atom. The van der Waals surface area contributed by atoms with E-state index in [1.807, 2.05) is 25.3 Å². The third-order valence-corrected chi connectivity index (χ3v) is 4.36. The van der Waals surface area contributed by atoms with E-state index in [0.717, 1.165) is 17.5 Å². The van der Waals surface area contributed by atoms with E-state index in [9.17, 15) is 14.0 Å². The van der Waals surface area contributed by atoms with Gasteiger partial charge in [-0.1, -0.05) is 0 Å². The minimum Gasteiger partial charge on any atom is -0.497 e. The molecule has 7 heteroatoms. The molecular formula is C20H24FNO5. The van der Waals surface area contributed by atoms with E-state index >= 15 is 0 Å². The number of esters is 1. The average Bonchev–Trinajstić information content (AvgIpc) is 2.93. The summed E-state index contributed by atoms with van der Waals surface area (Å²) in [6, 6.07) is 5.62. The molecule has 0 bridgehead atoms. The van der Waals surface area contributed by atoms with Crippen LogP contribution in [0.25, 0.3) is 0 Å². The largest absolute Gasteiger partial charge is 0.497 e. The van der Waals surface area contributed by atoms with Crippen molar-refractivity contribution in [2.45, 2.75) is 26.8 Å². The maximum atomic E-state index is 13.9. The van der Waals surface area contributed by atoms with E-state index in [1.165, 1.54) is 19.2 Å². The van der Waals surface area contributed by atoms with Crippen LogP contribution in [0.5, 0.6) is 5.75 Å². The molecule has 0 aliphatic carbocycles. The van der Waals surface area contributed by atoms with Crippen LogP contribution in [0, 0.1) is 19.7 Å². The highest BCUT2D eigenvalue weighted by atomic mass is 19.1. The lowest BCUT2D eigenvalue weighted by Crippen LogP contribution is -2.17. The molecule has 1 heterocycles. The van der Waals surface area contributed by atoms with Gasteiger partial charge in [0.15, 0.2) is 6.61 Å². The van der Waals surface area contributed by atoms with Gasteiger partial charge in [-0.15, -0.1) is 0 Å². The molecule has 2 aromatic rings. The summed E-state index contributed by atoms with van der Waals surface area (Å²) in [6.07, 6.45) is 0. The van der Waals surface area contributed by atoms with Crippen LogP contribution in [0.1, 0.15) is 45.1 Å². The van der Waals surface area contributed by atoms with Gasteiger partial charge in [0.05, 0.1) is 25.3 Å². The van der Waals surface area contributed by atoms with Gasteiger partial charge in [-0.25, -0.2) is 9.18 Å². The van der Waals surface area contributed by atoms with Crippen molar-refractivity contribution < 1.29 is 28.2 Å². The summed E-state index contributed by atoms with van der Waals surface area (Å²) in [5, 5.41) is 0. The molecule has 0 N–H and O–H groups in total. The molecule has 0 saturated heterocycles. The van der Waals surface area contributed by atoms with Crippen molar-refractivity contribution in [3.63, 3.8) is 0 Å². The molecule has 0 saturated carbocycles. The standard InChI is InChI=1S/C20H24FNO5/c1-12-8-17(14(3)22(12)13(2)10-25-4)19(23)11-27-20(24)16-7-6-15(26-5)9-18(16)21/h6-9,13H,10-11H2,1-5H3/t13-/m0/s1. The summed E-state index contributed by atoms with van der Waals surface area (Å²) < 4.78 is 31.0. The number of halogens is 1. The molecule has 2 rings (SSSR count). The quantitative estimate of drug-likeness (QED) is 0.520. The van der Waals surface area contributed by atoms with Gasteiger partial charge >= 0.3 is 5.97 Å². The van der Waals surface area contributed by atoms with Gasteiger partial charge in [-0.2, -0.15) is 0 Å². The number of rotatable bonds is 8. The van der Waals surface area contributed by atoms with E-state index in [0.29, 0.717) is 12.2 Å². The number of Topliss-reactive ketones (excluding diaryl/α,β-unsaturated/α-hetero) is 1. The van der Waals surface area contributed by atoms with E-state index in [4.69, 9.17) is 14.2 Å². The Balaban J connectivity index is 2.10. The Morgan fingerprint density at radius 1 is 1.15 bits per heavy atom. The number of carbonyl (C=O) groups excluding carboxylic acids is 2. The molecule has 6 nitrogen and oxygen atoms in total. The molecular weight excluding hydrogens is 353 g/mol. The average molecular weight is 377 g/mol. The van der Waals surface area contributed by atoms with E-state index in [2.05, 4.69) is 0 Å². The number of ether oxygens (including phenoxy) is 3. The normalized spacial score (nSPS) is 11.9. The highest BCUT2D eigenvalue weighted by Gasteiger charge is 2.21. The molecule has 1 atom stereocenters. The molecule has 0 spiro atoms.